The van der Waals surface area contributed by atoms with Gasteiger partial charge in [0.05, 0.1) is 5.69 Å². The Balaban J connectivity index is 1.04. The van der Waals surface area contributed by atoms with Gasteiger partial charge in [0.25, 0.3) is 0 Å². The second kappa shape index (κ2) is 13.9. The van der Waals surface area contributed by atoms with E-state index in [0.29, 0.717) is 5.92 Å². The molecule has 0 heterocycles. The van der Waals surface area contributed by atoms with Crippen molar-refractivity contribution < 1.29 is 0 Å². The van der Waals surface area contributed by atoms with Crippen molar-refractivity contribution in [3.63, 3.8) is 0 Å². The third kappa shape index (κ3) is 5.96. The molecule has 11 rings (SSSR count). The number of rotatable bonds is 7. The van der Waals surface area contributed by atoms with E-state index in [0.717, 1.165) is 17.8 Å². The Kier molecular flexibility index (Phi) is 8.50. The highest BCUT2D eigenvalue weighted by atomic mass is 15.1. The predicted octanol–water partition coefficient (Wildman–Crippen LogP) is 15.9. The maximum absolute atomic E-state index is 2.53. The van der Waals surface area contributed by atoms with Gasteiger partial charge < -0.3 is 4.90 Å². The third-order valence-electron chi connectivity index (χ3n) is 14.7. The summed E-state index contributed by atoms with van der Waals surface area (Å²) in [6, 6.07) is 58.0. The van der Waals surface area contributed by atoms with Crippen molar-refractivity contribution in [2.45, 2.75) is 88.9 Å². The molecule has 0 aromatic heterocycles. The molecular weight excluding hydrogens is 687 g/mol. The van der Waals surface area contributed by atoms with Crippen LogP contribution in [0.3, 0.4) is 0 Å². The van der Waals surface area contributed by atoms with Crippen LogP contribution < -0.4 is 4.90 Å². The molecule has 57 heavy (non-hydrogen) atoms. The molecule has 7 aromatic carbocycles. The zero-order chi connectivity index (χ0) is 38.1. The van der Waals surface area contributed by atoms with E-state index < -0.39 is 0 Å². The van der Waals surface area contributed by atoms with Crippen molar-refractivity contribution in [1.82, 2.24) is 0 Å². The lowest BCUT2D eigenvalue weighted by atomic mass is 9.78. The van der Waals surface area contributed by atoms with E-state index in [1.54, 1.807) is 11.1 Å². The molecule has 4 aliphatic carbocycles. The van der Waals surface area contributed by atoms with E-state index in [-0.39, 0.29) is 5.41 Å². The SMILES string of the molecule is CC1(C)c2cc(N(c3ccc(-c4ccc(C5CC6CCC5C6)cc4)cc3)c3cc4ccccc4cc3-c3ccccc3)ccc2-c2c(C3CCCCC3)cccc21. The Hall–Kier alpha value is -5.40. The van der Waals surface area contributed by atoms with E-state index in [9.17, 15) is 0 Å². The number of fused-ring (bicyclic) bond motifs is 6. The molecule has 3 atom stereocenters. The van der Waals surface area contributed by atoms with Gasteiger partial charge in [0.2, 0.25) is 0 Å². The monoisotopic (exact) mass is 739 g/mol. The fraction of sp³-hybridized carbons (Fsp3) is 0.286. The van der Waals surface area contributed by atoms with Crippen LogP contribution in [-0.2, 0) is 5.41 Å². The average molecular weight is 740 g/mol. The first-order valence-electron chi connectivity index (χ1n) is 21.9. The molecule has 0 saturated heterocycles. The third-order valence-corrected chi connectivity index (χ3v) is 14.7. The molecule has 3 saturated carbocycles. The number of anilines is 3. The number of nitrogens with zero attached hydrogens (tertiary/aromatic N) is 1. The van der Waals surface area contributed by atoms with Gasteiger partial charge in [-0.2, -0.15) is 0 Å². The van der Waals surface area contributed by atoms with Crippen LogP contribution in [0.25, 0.3) is 44.2 Å². The first-order valence-corrected chi connectivity index (χ1v) is 21.9. The maximum atomic E-state index is 2.53. The van der Waals surface area contributed by atoms with Gasteiger partial charge in [0, 0.05) is 22.4 Å². The van der Waals surface area contributed by atoms with E-state index in [1.807, 2.05) is 0 Å². The van der Waals surface area contributed by atoms with Crippen LogP contribution in [0.1, 0.15) is 106 Å². The predicted molar refractivity (Wildman–Crippen MR) is 241 cm³/mol. The summed E-state index contributed by atoms with van der Waals surface area (Å²) in [5.74, 6) is 3.29. The van der Waals surface area contributed by atoms with E-state index in [1.165, 1.54) is 130 Å². The second-order valence-electron chi connectivity index (χ2n) is 18.3. The lowest BCUT2D eigenvalue weighted by molar-refractivity contribution is 0.420. The largest absolute Gasteiger partial charge is 0.310 e. The highest BCUT2D eigenvalue weighted by molar-refractivity contribution is 5.99. The number of benzene rings is 7. The Labute approximate surface area is 339 Å². The lowest BCUT2D eigenvalue weighted by Crippen LogP contribution is -2.17. The molecule has 0 amide bonds. The van der Waals surface area contributed by atoms with Crippen LogP contribution in [0, 0.1) is 11.8 Å². The van der Waals surface area contributed by atoms with Crippen LogP contribution in [0.4, 0.5) is 17.1 Å². The van der Waals surface area contributed by atoms with E-state index in [4.69, 9.17) is 0 Å². The molecular formula is C56H53N. The second-order valence-corrected chi connectivity index (χ2v) is 18.3. The van der Waals surface area contributed by atoms with Crippen LogP contribution in [0.2, 0.25) is 0 Å². The van der Waals surface area contributed by atoms with Gasteiger partial charge in [-0.05, 0) is 153 Å². The van der Waals surface area contributed by atoms with Crippen molar-refractivity contribution in [2.24, 2.45) is 11.8 Å². The zero-order valence-corrected chi connectivity index (χ0v) is 33.6. The molecule has 1 nitrogen and oxygen atoms in total. The normalized spacial score (nSPS) is 20.8. The van der Waals surface area contributed by atoms with E-state index >= 15 is 0 Å². The highest BCUT2D eigenvalue weighted by Crippen LogP contribution is 2.55. The van der Waals surface area contributed by atoms with Crippen molar-refractivity contribution in [1.29, 1.82) is 0 Å². The average Bonchev–Trinajstić information content (AvgIpc) is 3.97. The fourth-order valence-corrected chi connectivity index (χ4v) is 11.8. The van der Waals surface area contributed by atoms with Gasteiger partial charge in [0.15, 0.2) is 0 Å². The molecule has 2 bridgehead atoms. The van der Waals surface area contributed by atoms with Crippen molar-refractivity contribution in [3.05, 3.63) is 174 Å². The molecule has 7 aromatic rings. The quantitative estimate of drug-likeness (QED) is 0.157. The topological polar surface area (TPSA) is 3.24 Å². The maximum Gasteiger partial charge on any atom is 0.0546 e. The first-order chi connectivity index (χ1) is 28.0. The summed E-state index contributed by atoms with van der Waals surface area (Å²) in [5, 5.41) is 2.50. The fourth-order valence-electron chi connectivity index (χ4n) is 11.8. The Morgan fingerprint density at radius 2 is 1.21 bits per heavy atom. The summed E-state index contributed by atoms with van der Waals surface area (Å²) < 4.78 is 0. The van der Waals surface area contributed by atoms with Gasteiger partial charge in [-0.25, -0.2) is 0 Å². The van der Waals surface area contributed by atoms with Crippen LogP contribution in [0.15, 0.2) is 152 Å². The van der Waals surface area contributed by atoms with Crippen molar-refractivity contribution >= 4 is 27.8 Å². The molecule has 4 aliphatic rings. The van der Waals surface area contributed by atoms with Crippen LogP contribution in [-0.4, -0.2) is 0 Å². The lowest BCUT2D eigenvalue weighted by Gasteiger charge is -2.30. The Morgan fingerprint density at radius 1 is 0.509 bits per heavy atom. The van der Waals surface area contributed by atoms with Crippen LogP contribution in [0.5, 0.6) is 0 Å². The van der Waals surface area contributed by atoms with Gasteiger partial charge in [-0.3, -0.25) is 0 Å². The minimum Gasteiger partial charge on any atom is -0.310 e. The highest BCUT2D eigenvalue weighted by Gasteiger charge is 2.40. The molecule has 0 radical (unpaired) electrons. The van der Waals surface area contributed by atoms with Gasteiger partial charge in [0.1, 0.15) is 0 Å². The van der Waals surface area contributed by atoms with Gasteiger partial charge >= 0.3 is 0 Å². The van der Waals surface area contributed by atoms with Gasteiger partial charge in [-0.1, -0.05) is 155 Å². The molecule has 0 spiro atoms. The summed E-state index contributed by atoms with van der Waals surface area (Å²) >= 11 is 0. The van der Waals surface area contributed by atoms with Crippen LogP contribution >= 0.6 is 0 Å². The minimum atomic E-state index is -0.100. The summed E-state index contributed by atoms with van der Waals surface area (Å²) in [6.07, 6.45) is 12.4. The summed E-state index contributed by atoms with van der Waals surface area (Å²) in [5.41, 5.74) is 17.4. The zero-order valence-electron chi connectivity index (χ0n) is 33.6. The summed E-state index contributed by atoms with van der Waals surface area (Å²) in [4.78, 5) is 2.53. The van der Waals surface area contributed by atoms with Crippen molar-refractivity contribution in [2.75, 3.05) is 4.90 Å². The molecule has 3 fully saturated rings. The summed E-state index contributed by atoms with van der Waals surface area (Å²) in [7, 11) is 0. The Morgan fingerprint density at radius 3 is 1.93 bits per heavy atom. The number of hydrogen-bond donors (Lipinski definition) is 0. The molecule has 0 aliphatic heterocycles. The molecule has 0 N–H and O–H groups in total. The summed E-state index contributed by atoms with van der Waals surface area (Å²) in [6.45, 7) is 4.89. The molecule has 3 unspecified atom stereocenters. The first kappa shape index (κ1) is 34.8. The minimum absolute atomic E-state index is 0.100. The van der Waals surface area contributed by atoms with Gasteiger partial charge in [-0.15, -0.1) is 0 Å². The van der Waals surface area contributed by atoms with Crippen molar-refractivity contribution in [3.8, 4) is 33.4 Å². The smallest absolute Gasteiger partial charge is 0.0546 e. The standard InChI is InChI=1S/C56H53N/c1-56(2)52-19-11-18-48(40-12-5-3-6-13-40)55(52)49-31-30-47(36-53(49)56)57(54-35-44-17-10-9-16-43(44)34-51(54)41-14-7-4-8-15-41)46-28-26-39(27-29-46)38-22-24-42(25-23-38)50-33-37-20-21-45(50)32-37/h4,7-11,14-19,22-31,34-37,40,45,50H,3,5-6,12-13,20-21,32-33H2,1-2H3. The molecule has 282 valence electrons. The Bertz CT molecular complexity index is 2590. The van der Waals surface area contributed by atoms with E-state index in [2.05, 4.69) is 170 Å². The number of hydrogen-bond acceptors (Lipinski definition) is 1. The molecule has 1 heteroatoms.